The summed E-state index contributed by atoms with van der Waals surface area (Å²) in [6.07, 6.45) is 0.511. The van der Waals surface area contributed by atoms with E-state index in [1.165, 1.54) is 0 Å². The second kappa shape index (κ2) is 3.15. The number of alkyl halides is 2. The van der Waals surface area contributed by atoms with Gasteiger partial charge in [0.05, 0.1) is 6.54 Å². The topological polar surface area (TPSA) is 40.5 Å². The number of carboxylic acid groups (broad SMARTS) is 1. The van der Waals surface area contributed by atoms with Crippen molar-refractivity contribution in [1.29, 1.82) is 0 Å². The SMILES string of the molecule is O=C(O)CN1C[C@@H]2CCC(F)(F)[C@H]2C1. The van der Waals surface area contributed by atoms with E-state index in [0.29, 0.717) is 13.0 Å². The molecular formula is C9H13F2NO2. The van der Waals surface area contributed by atoms with E-state index < -0.39 is 17.8 Å². The van der Waals surface area contributed by atoms with E-state index in [4.69, 9.17) is 5.11 Å². The molecule has 2 rings (SSSR count). The third kappa shape index (κ3) is 1.61. The van der Waals surface area contributed by atoms with E-state index >= 15 is 0 Å². The number of likely N-dealkylation sites (tertiary alicyclic amines) is 1. The zero-order valence-corrected chi connectivity index (χ0v) is 7.75. The molecule has 0 unspecified atom stereocenters. The lowest BCUT2D eigenvalue weighted by Gasteiger charge is -2.18. The number of fused-ring (bicyclic) bond motifs is 1. The highest BCUT2D eigenvalue weighted by molar-refractivity contribution is 5.69. The minimum absolute atomic E-state index is 0.00403. The maximum atomic E-state index is 13.2. The molecule has 2 aliphatic rings. The van der Waals surface area contributed by atoms with Crippen LogP contribution in [0.5, 0.6) is 0 Å². The lowest BCUT2D eigenvalue weighted by atomic mass is 9.99. The standard InChI is InChI=1S/C9H13F2NO2/c10-9(11)2-1-6-3-12(4-7(6)9)5-8(13)14/h6-7H,1-5H2,(H,13,14)/t6-,7-/m0/s1. The van der Waals surface area contributed by atoms with Crippen LogP contribution in [-0.2, 0) is 4.79 Å². The second-order valence-corrected chi connectivity index (χ2v) is 4.25. The van der Waals surface area contributed by atoms with Crippen molar-refractivity contribution in [2.45, 2.75) is 18.8 Å². The molecule has 2 fully saturated rings. The van der Waals surface area contributed by atoms with Gasteiger partial charge in [0.1, 0.15) is 0 Å². The van der Waals surface area contributed by atoms with Crippen LogP contribution >= 0.6 is 0 Å². The molecule has 1 heterocycles. The second-order valence-electron chi connectivity index (χ2n) is 4.25. The maximum Gasteiger partial charge on any atom is 0.317 e. The van der Waals surface area contributed by atoms with Crippen molar-refractivity contribution in [1.82, 2.24) is 4.90 Å². The number of hydrogen-bond acceptors (Lipinski definition) is 2. The van der Waals surface area contributed by atoms with Crippen LogP contribution in [0, 0.1) is 11.8 Å². The predicted octanol–water partition coefficient (Wildman–Crippen LogP) is 1.05. The highest BCUT2D eigenvalue weighted by Crippen LogP contribution is 2.47. The van der Waals surface area contributed by atoms with Crippen LogP contribution in [-0.4, -0.2) is 41.5 Å². The van der Waals surface area contributed by atoms with Crippen molar-refractivity contribution in [3.8, 4) is 0 Å². The van der Waals surface area contributed by atoms with Gasteiger partial charge in [-0.3, -0.25) is 9.69 Å². The Bertz CT molecular complexity index is 257. The van der Waals surface area contributed by atoms with Crippen molar-refractivity contribution < 1.29 is 18.7 Å². The molecule has 14 heavy (non-hydrogen) atoms. The van der Waals surface area contributed by atoms with Gasteiger partial charge in [0.25, 0.3) is 5.92 Å². The maximum absolute atomic E-state index is 13.2. The van der Waals surface area contributed by atoms with Gasteiger partial charge in [-0.1, -0.05) is 0 Å². The number of carbonyl (C=O) groups is 1. The van der Waals surface area contributed by atoms with Gasteiger partial charge >= 0.3 is 5.97 Å². The monoisotopic (exact) mass is 205 g/mol. The summed E-state index contributed by atoms with van der Waals surface area (Å²) in [5.41, 5.74) is 0. The first-order chi connectivity index (χ1) is 6.49. The van der Waals surface area contributed by atoms with Gasteiger partial charge in [0.2, 0.25) is 0 Å². The van der Waals surface area contributed by atoms with E-state index in [2.05, 4.69) is 0 Å². The molecule has 5 heteroatoms. The Hall–Kier alpha value is -0.710. The molecule has 0 aromatic rings. The van der Waals surface area contributed by atoms with Crippen LogP contribution in [0.3, 0.4) is 0 Å². The van der Waals surface area contributed by atoms with Crippen LogP contribution in [0.1, 0.15) is 12.8 Å². The van der Waals surface area contributed by atoms with E-state index in [1.807, 2.05) is 0 Å². The van der Waals surface area contributed by atoms with E-state index in [1.54, 1.807) is 4.90 Å². The smallest absolute Gasteiger partial charge is 0.317 e. The Balaban J connectivity index is 1.98. The van der Waals surface area contributed by atoms with Crippen LogP contribution in [0.2, 0.25) is 0 Å². The molecule has 2 atom stereocenters. The third-order valence-electron chi connectivity index (χ3n) is 3.27. The average molecular weight is 205 g/mol. The lowest BCUT2D eigenvalue weighted by molar-refractivity contribution is -0.138. The van der Waals surface area contributed by atoms with Gasteiger partial charge in [0, 0.05) is 25.4 Å². The Labute approximate surface area is 80.7 Å². The number of aliphatic carboxylic acids is 1. The quantitative estimate of drug-likeness (QED) is 0.732. The third-order valence-corrected chi connectivity index (χ3v) is 3.27. The van der Waals surface area contributed by atoms with Crippen LogP contribution < -0.4 is 0 Å². The average Bonchev–Trinajstić information content (AvgIpc) is 2.53. The lowest BCUT2D eigenvalue weighted by Crippen LogP contribution is -2.32. The molecule has 1 saturated heterocycles. The fraction of sp³-hybridized carbons (Fsp3) is 0.889. The summed E-state index contributed by atoms with van der Waals surface area (Å²) in [5, 5.41) is 8.54. The number of rotatable bonds is 2. The zero-order chi connectivity index (χ0) is 10.3. The molecule has 0 aromatic carbocycles. The van der Waals surface area contributed by atoms with Crippen molar-refractivity contribution in [2.75, 3.05) is 19.6 Å². The van der Waals surface area contributed by atoms with Crippen molar-refractivity contribution in [3.05, 3.63) is 0 Å². The van der Waals surface area contributed by atoms with Crippen LogP contribution in [0.25, 0.3) is 0 Å². The largest absolute Gasteiger partial charge is 0.480 e. The van der Waals surface area contributed by atoms with E-state index in [9.17, 15) is 13.6 Å². The minimum Gasteiger partial charge on any atom is -0.480 e. The number of halogens is 2. The summed E-state index contributed by atoms with van der Waals surface area (Å²) in [6, 6.07) is 0. The first-order valence-corrected chi connectivity index (χ1v) is 4.81. The van der Waals surface area contributed by atoms with Gasteiger partial charge in [-0.2, -0.15) is 0 Å². The summed E-state index contributed by atoms with van der Waals surface area (Å²) in [7, 11) is 0. The molecular weight excluding hydrogens is 192 g/mol. The Kier molecular flexibility index (Phi) is 2.21. The van der Waals surface area contributed by atoms with Crippen molar-refractivity contribution in [2.24, 2.45) is 11.8 Å². The number of nitrogens with zero attached hydrogens (tertiary/aromatic N) is 1. The molecule has 0 radical (unpaired) electrons. The molecule has 0 bridgehead atoms. The van der Waals surface area contributed by atoms with Crippen LogP contribution in [0.4, 0.5) is 8.78 Å². The fourth-order valence-corrected chi connectivity index (χ4v) is 2.62. The minimum atomic E-state index is -2.57. The van der Waals surface area contributed by atoms with E-state index in [0.717, 1.165) is 0 Å². The summed E-state index contributed by atoms with van der Waals surface area (Å²) in [4.78, 5) is 12.0. The summed E-state index contributed by atoms with van der Waals surface area (Å²) >= 11 is 0. The Morgan fingerprint density at radius 1 is 1.50 bits per heavy atom. The first-order valence-electron chi connectivity index (χ1n) is 4.81. The highest BCUT2D eigenvalue weighted by Gasteiger charge is 2.53. The molecule has 1 aliphatic heterocycles. The predicted molar refractivity (Wildman–Crippen MR) is 45.2 cm³/mol. The fourth-order valence-electron chi connectivity index (χ4n) is 2.62. The summed E-state index contributed by atoms with van der Waals surface area (Å²) in [5.74, 6) is -4.11. The molecule has 0 aromatic heterocycles. The van der Waals surface area contributed by atoms with Gasteiger partial charge in [-0.15, -0.1) is 0 Å². The highest BCUT2D eigenvalue weighted by atomic mass is 19.3. The summed E-state index contributed by atoms with van der Waals surface area (Å²) < 4.78 is 26.5. The van der Waals surface area contributed by atoms with Crippen molar-refractivity contribution >= 4 is 5.97 Å². The number of carboxylic acids is 1. The zero-order valence-electron chi connectivity index (χ0n) is 7.75. The summed E-state index contributed by atoms with van der Waals surface area (Å²) in [6.45, 7) is 0.652. The molecule has 3 nitrogen and oxygen atoms in total. The van der Waals surface area contributed by atoms with Gasteiger partial charge < -0.3 is 5.11 Å². The number of hydrogen-bond donors (Lipinski definition) is 1. The normalized spacial score (nSPS) is 35.9. The molecule has 1 N–H and O–H groups in total. The van der Waals surface area contributed by atoms with Gasteiger partial charge in [-0.25, -0.2) is 8.78 Å². The molecule has 80 valence electrons. The first kappa shape index (κ1) is 9.83. The van der Waals surface area contributed by atoms with E-state index in [-0.39, 0.29) is 25.4 Å². The van der Waals surface area contributed by atoms with Crippen LogP contribution in [0.15, 0.2) is 0 Å². The Morgan fingerprint density at radius 2 is 2.21 bits per heavy atom. The molecule has 1 aliphatic carbocycles. The van der Waals surface area contributed by atoms with Gasteiger partial charge in [-0.05, 0) is 12.3 Å². The van der Waals surface area contributed by atoms with Gasteiger partial charge in [0.15, 0.2) is 0 Å². The Morgan fingerprint density at radius 3 is 2.79 bits per heavy atom. The van der Waals surface area contributed by atoms with Crippen molar-refractivity contribution in [3.63, 3.8) is 0 Å². The molecule has 0 spiro atoms. The molecule has 1 saturated carbocycles. The molecule has 0 amide bonds.